The molecule has 0 saturated carbocycles. The number of hydrogen-bond donors (Lipinski definition) is 2. The summed E-state index contributed by atoms with van der Waals surface area (Å²) in [4.78, 5) is 13.6. The fourth-order valence-electron chi connectivity index (χ4n) is 2.77. The van der Waals surface area contributed by atoms with Gasteiger partial charge in [0, 0.05) is 4.47 Å². The van der Waals surface area contributed by atoms with Crippen molar-refractivity contribution in [2.24, 2.45) is 5.92 Å². The summed E-state index contributed by atoms with van der Waals surface area (Å²) >= 11 is 3.54. The Balaban J connectivity index is 1.84. The van der Waals surface area contributed by atoms with Gasteiger partial charge >= 0.3 is 0 Å². The maximum atomic E-state index is 12.1. The highest BCUT2D eigenvalue weighted by molar-refractivity contribution is 9.10. The van der Waals surface area contributed by atoms with Crippen LogP contribution in [0.4, 0.5) is 0 Å². The molecule has 2 N–H and O–H groups in total. The lowest BCUT2D eigenvalue weighted by molar-refractivity contribution is -0.898. The molecule has 1 saturated heterocycles. The number of rotatable bonds is 4. The van der Waals surface area contributed by atoms with E-state index in [1.54, 1.807) is 0 Å². The summed E-state index contributed by atoms with van der Waals surface area (Å²) in [6.45, 7) is 7.18. The van der Waals surface area contributed by atoms with Crippen molar-refractivity contribution >= 4 is 21.8 Å². The summed E-state index contributed by atoms with van der Waals surface area (Å²) in [6, 6.07) is 8.09. The van der Waals surface area contributed by atoms with Gasteiger partial charge in [-0.2, -0.15) is 0 Å². The Bertz CT molecular complexity index is 456. The highest BCUT2D eigenvalue weighted by Crippen LogP contribution is 2.22. The topological polar surface area (TPSA) is 33.5 Å². The van der Waals surface area contributed by atoms with Crippen LogP contribution < -0.4 is 10.2 Å². The van der Waals surface area contributed by atoms with Crippen molar-refractivity contribution in [1.29, 1.82) is 0 Å². The lowest BCUT2D eigenvalue weighted by Gasteiger charge is -2.27. The van der Waals surface area contributed by atoms with Crippen molar-refractivity contribution in [2.75, 3.05) is 19.6 Å². The van der Waals surface area contributed by atoms with Gasteiger partial charge < -0.3 is 10.2 Å². The molecule has 1 aliphatic rings. The minimum atomic E-state index is 0.0428. The molecule has 1 aliphatic heterocycles. The molecule has 4 heteroatoms. The van der Waals surface area contributed by atoms with Gasteiger partial charge in [-0.25, -0.2) is 0 Å². The third kappa shape index (κ3) is 4.32. The second-order valence-corrected chi connectivity index (χ2v) is 6.77. The molecule has 1 aromatic rings. The van der Waals surface area contributed by atoms with Crippen LogP contribution in [0.25, 0.3) is 0 Å². The van der Waals surface area contributed by atoms with Gasteiger partial charge in [0.05, 0.1) is 19.1 Å². The van der Waals surface area contributed by atoms with E-state index in [4.69, 9.17) is 0 Å². The van der Waals surface area contributed by atoms with E-state index in [9.17, 15) is 4.79 Å². The van der Waals surface area contributed by atoms with Gasteiger partial charge in [-0.3, -0.25) is 4.79 Å². The van der Waals surface area contributed by atoms with Crippen LogP contribution in [-0.4, -0.2) is 25.5 Å². The number of carbonyl (C=O) groups is 1. The van der Waals surface area contributed by atoms with E-state index in [-0.39, 0.29) is 11.9 Å². The average molecular weight is 340 g/mol. The van der Waals surface area contributed by atoms with E-state index in [1.807, 2.05) is 31.2 Å². The molecule has 0 bridgehead atoms. The fourth-order valence-corrected chi connectivity index (χ4v) is 3.40. The molecule has 1 aromatic carbocycles. The predicted octanol–water partition coefficient (Wildman–Crippen LogP) is 1.94. The van der Waals surface area contributed by atoms with Crippen molar-refractivity contribution < 1.29 is 9.69 Å². The van der Waals surface area contributed by atoms with Crippen molar-refractivity contribution in [1.82, 2.24) is 5.32 Å². The van der Waals surface area contributed by atoms with Gasteiger partial charge in [-0.1, -0.05) is 41.1 Å². The van der Waals surface area contributed by atoms with Gasteiger partial charge in [0.1, 0.15) is 0 Å². The number of amides is 1. The van der Waals surface area contributed by atoms with Gasteiger partial charge in [-0.05, 0) is 37.3 Å². The molecular weight excluding hydrogens is 316 g/mol. The molecule has 3 nitrogen and oxygen atoms in total. The maximum absolute atomic E-state index is 12.1. The lowest BCUT2D eigenvalue weighted by Crippen LogP contribution is -3.14. The number of quaternary nitrogens is 1. The standard InChI is InChI=1S/C16H23BrN2O/c1-12-7-9-19(10-8-12)11-16(20)18-13(2)14-5-3-4-6-15(14)17/h3-6,12-13H,7-11H2,1-2H3,(H,18,20)/p+1/t13-/m1/s1. The highest BCUT2D eigenvalue weighted by Gasteiger charge is 2.22. The van der Waals surface area contributed by atoms with Crippen LogP contribution in [0.5, 0.6) is 0 Å². The van der Waals surface area contributed by atoms with Crippen molar-refractivity contribution in [2.45, 2.75) is 32.7 Å². The zero-order chi connectivity index (χ0) is 14.5. The van der Waals surface area contributed by atoms with Gasteiger partial charge in [0.25, 0.3) is 5.91 Å². The minimum Gasteiger partial charge on any atom is -0.345 e. The monoisotopic (exact) mass is 339 g/mol. The van der Waals surface area contributed by atoms with Gasteiger partial charge in [0.2, 0.25) is 0 Å². The first-order valence-corrected chi connectivity index (χ1v) is 8.23. The predicted molar refractivity (Wildman–Crippen MR) is 84.7 cm³/mol. The van der Waals surface area contributed by atoms with Crippen molar-refractivity contribution in [3.05, 3.63) is 34.3 Å². The summed E-state index contributed by atoms with van der Waals surface area (Å²) in [7, 11) is 0. The number of carbonyl (C=O) groups excluding carboxylic acids is 1. The molecule has 1 fully saturated rings. The highest BCUT2D eigenvalue weighted by atomic mass is 79.9. The number of piperidine rings is 1. The van der Waals surface area contributed by atoms with E-state index < -0.39 is 0 Å². The van der Waals surface area contributed by atoms with Crippen molar-refractivity contribution in [3.63, 3.8) is 0 Å². The first kappa shape index (κ1) is 15.5. The number of hydrogen-bond acceptors (Lipinski definition) is 1. The molecule has 110 valence electrons. The second-order valence-electron chi connectivity index (χ2n) is 5.92. The summed E-state index contributed by atoms with van der Waals surface area (Å²) in [5.74, 6) is 0.971. The molecular formula is C16H24BrN2O+. The van der Waals surface area contributed by atoms with E-state index in [1.165, 1.54) is 17.7 Å². The van der Waals surface area contributed by atoms with Gasteiger partial charge in [-0.15, -0.1) is 0 Å². The number of benzene rings is 1. The van der Waals surface area contributed by atoms with Crippen molar-refractivity contribution in [3.8, 4) is 0 Å². The molecule has 2 rings (SSSR count). The smallest absolute Gasteiger partial charge is 0.275 e. The van der Waals surface area contributed by atoms with Crippen LogP contribution in [-0.2, 0) is 4.79 Å². The minimum absolute atomic E-state index is 0.0428. The molecule has 0 aromatic heterocycles. The second kappa shape index (κ2) is 7.23. The van der Waals surface area contributed by atoms with Crippen LogP contribution in [0, 0.1) is 5.92 Å². The third-order valence-electron chi connectivity index (χ3n) is 4.14. The Hall–Kier alpha value is -0.870. The number of likely N-dealkylation sites (tertiary alicyclic amines) is 1. The Morgan fingerprint density at radius 1 is 1.40 bits per heavy atom. The van der Waals surface area contributed by atoms with Crippen LogP contribution in [0.15, 0.2) is 28.7 Å². The largest absolute Gasteiger partial charge is 0.345 e. The van der Waals surface area contributed by atoms with E-state index in [0.717, 1.165) is 29.0 Å². The molecule has 0 unspecified atom stereocenters. The number of halogens is 1. The summed E-state index contributed by atoms with van der Waals surface area (Å²) in [5, 5.41) is 3.11. The molecule has 0 aliphatic carbocycles. The zero-order valence-corrected chi connectivity index (χ0v) is 13.9. The molecule has 20 heavy (non-hydrogen) atoms. The SMILES string of the molecule is CC1CC[NH+](CC(=O)N[C@H](C)c2ccccc2Br)CC1. The summed E-state index contributed by atoms with van der Waals surface area (Å²) < 4.78 is 1.05. The average Bonchev–Trinajstić information content (AvgIpc) is 2.41. The Morgan fingerprint density at radius 3 is 2.70 bits per heavy atom. The molecule has 1 amide bonds. The van der Waals surface area contributed by atoms with Crippen LogP contribution >= 0.6 is 15.9 Å². The Morgan fingerprint density at radius 2 is 2.05 bits per heavy atom. The Labute approximate surface area is 129 Å². The van der Waals surface area contributed by atoms with Crippen LogP contribution in [0.3, 0.4) is 0 Å². The van der Waals surface area contributed by atoms with Crippen LogP contribution in [0.1, 0.15) is 38.3 Å². The summed E-state index contributed by atoms with van der Waals surface area (Å²) in [5.41, 5.74) is 1.13. The van der Waals surface area contributed by atoms with E-state index >= 15 is 0 Å². The zero-order valence-electron chi connectivity index (χ0n) is 12.3. The van der Waals surface area contributed by atoms with E-state index in [0.29, 0.717) is 6.54 Å². The van der Waals surface area contributed by atoms with Crippen LogP contribution in [0.2, 0.25) is 0 Å². The maximum Gasteiger partial charge on any atom is 0.275 e. The molecule has 0 radical (unpaired) electrons. The molecule has 0 spiro atoms. The van der Waals surface area contributed by atoms with Gasteiger partial charge in [0.15, 0.2) is 6.54 Å². The fraction of sp³-hybridized carbons (Fsp3) is 0.562. The normalized spacial score (nSPS) is 24.1. The summed E-state index contributed by atoms with van der Waals surface area (Å²) in [6.07, 6.45) is 2.48. The quantitative estimate of drug-likeness (QED) is 0.863. The first-order valence-electron chi connectivity index (χ1n) is 7.43. The first-order chi connectivity index (χ1) is 9.56. The molecule has 1 heterocycles. The number of nitrogens with one attached hydrogen (secondary N) is 2. The molecule has 1 atom stereocenters. The van der Waals surface area contributed by atoms with E-state index in [2.05, 4.69) is 28.2 Å². The third-order valence-corrected chi connectivity index (χ3v) is 4.86. The Kier molecular flexibility index (Phi) is 5.61. The lowest BCUT2D eigenvalue weighted by atomic mass is 9.99.